The van der Waals surface area contributed by atoms with Gasteiger partial charge in [0.2, 0.25) is 0 Å². The fourth-order valence-corrected chi connectivity index (χ4v) is 2.44. The van der Waals surface area contributed by atoms with Crippen molar-refractivity contribution in [2.75, 3.05) is 7.11 Å². The van der Waals surface area contributed by atoms with Crippen LogP contribution in [0.4, 0.5) is 0 Å². The summed E-state index contributed by atoms with van der Waals surface area (Å²) in [5, 5.41) is 0. The summed E-state index contributed by atoms with van der Waals surface area (Å²) >= 11 is 0. The lowest BCUT2D eigenvalue weighted by Crippen LogP contribution is -2.50. The summed E-state index contributed by atoms with van der Waals surface area (Å²) in [5.41, 5.74) is 6.17. The Bertz CT molecular complexity index is 173. The Kier molecular flexibility index (Phi) is 4.63. The summed E-state index contributed by atoms with van der Waals surface area (Å²) in [6, 6.07) is 0.172. The predicted molar refractivity (Wildman–Crippen MR) is 60.2 cm³/mol. The Morgan fingerprint density at radius 2 is 2.07 bits per heavy atom. The Morgan fingerprint density at radius 3 is 2.57 bits per heavy atom. The van der Waals surface area contributed by atoms with Gasteiger partial charge < -0.3 is 10.5 Å². The number of hydrogen-bond acceptors (Lipinski definition) is 2. The number of methoxy groups -OCH3 is 1. The molecule has 2 N–H and O–H groups in total. The third kappa shape index (κ3) is 2.58. The fourth-order valence-electron chi connectivity index (χ4n) is 2.44. The predicted octanol–water partition coefficient (Wildman–Crippen LogP) is 2.63. The molecule has 1 atom stereocenters. The second kappa shape index (κ2) is 5.52. The average molecular weight is 197 g/mol. The Morgan fingerprint density at radius 1 is 1.43 bits per heavy atom. The van der Waals surface area contributed by atoms with Gasteiger partial charge in [-0.25, -0.2) is 0 Å². The van der Waals surface area contributed by atoms with Gasteiger partial charge in [-0.3, -0.25) is 0 Å². The summed E-state index contributed by atoms with van der Waals surface area (Å²) < 4.78 is 5.68. The Hall–Kier alpha value is -0.340. The molecule has 0 heterocycles. The number of rotatable bonds is 5. The minimum atomic E-state index is -0.0404. The summed E-state index contributed by atoms with van der Waals surface area (Å²) in [6.45, 7) is 3.73. The van der Waals surface area contributed by atoms with Crippen molar-refractivity contribution in [3.63, 3.8) is 0 Å². The molecular formula is C12H23NO. The number of nitrogens with two attached hydrogens (primary N) is 1. The van der Waals surface area contributed by atoms with Crippen molar-refractivity contribution in [2.24, 2.45) is 5.73 Å². The summed E-state index contributed by atoms with van der Waals surface area (Å²) in [5.74, 6) is 0. The van der Waals surface area contributed by atoms with E-state index in [-0.39, 0.29) is 11.6 Å². The van der Waals surface area contributed by atoms with Gasteiger partial charge in [0.05, 0.1) is 5.60 Å². The molecule has 0 bridgehead atoms. The van der Waals surface area contributed by atoms with E-state index < -0.39 is 0 Å². The first-order chi connectivity index (χ1) is 6.75. The zero-order valence-corrected chi connectivity index (χ0v) is 9.30. The average Bonchev–Trinajstić information content (AvgIpc) is 2.26. The molecule has 0 spiro atoms. The van der Waals surface area contributed by atoms with E-state index in [1.807, 2.05) is 6.08 Å². The maximum absolute atomic E-state index is 6.21. The van der Waals surface area contributed by atoms with E-state index in [2.05, 4.69) is 6.58 Å². The van der Waals surface area contributed by atoms with Crippen LogP contribution in [0.2, 0.25) is 0 Å². The molecular weight excluding hydrogens is 174 g/mol. The Balaban J connectivity index is 2.52. The molecule has 0 aromatic carbocycles. The van der Waals surface area contributed by atoms with Gasteiger partial charge in [0.25, 0.3) is 0 Å². The standard InChI is InChI=1S/C12H23NO/c1-3-4-8-11(13)12(14-2)9-6-5-7-10-12/h3,11H,1,4-10,13H2,2H3. The first-order valence-electron chi connectivity index (χ1n) is 5.67. The second-order valence-electron chi connectivity index (χ2n) is 4.30. The summed E-state index contributed by atoms with van der Waals surface area (Å²) in [6.07, 6.45) is 10.0. The molecule has 0 aromatic heterocycles. The highest BCUT2D eigenvalue weighted by atomic mass is 16.5. The van der Waals surface area contributed by atoms with Crippen LogP contribution in [0.1, 0.15) is 44.9 Å². The molecule has 1 unspecified atom stereocenters. The molecule has 0 amide bonds. The summed E-state index contributed by atoms with van der Waals surface area (Å²) in [4.78, 5) is 0. The molecule has 1 aliphatic carbocycles. The second-order valence-corrected chi connectivity index (χ2v) is 4.30. The van der Waals surface area contributed by atoms with Gasteiger partial charge >= 0.3 is 0 Å². The number of ether oxygens (including phenoxy) is 1. The number of allylic oxidation sites excluding steroid dienone is 1. The van der Waals surface area contributed by atoms with Gasteiger partial charge in [-0.15, -0.1) is 6.58 Å². The highest BCUT2D eigenvalue weighted by molar-refractivity contribution is 4.94. The molecule has 1 saturated carbocycles. The maximum atomic E-state index is 6.21. The molecule has 1 rings (SSSR count). The SMILES string of the molecule is C=CCCC(N)C1(OC)CCCCC1. The Labute approximate surface area is 87.5 Å². The molecule has 0 saturated heterocycles. The molecule has 1 aliphatic rings. The van der Waals surface area contributed by atoms with E-state index >= 15 is 0 Å². The van der Waals surface area contributed by atoms with Gasteiger partial charge in [0.15, 0.2) is 0 Å². The van der Waals surface area contributed by atoms with Gasteiger partial charge in [-0.1, -0.05) is 25.3 Å². The monoisotopic (exact) mass is 197 g/mol. The zero-order chi connectivity index (χ0) is 10.4. The van der Waals surface area contributed by atoms with Crippen molar-refractivity contribution in [3.8, 4) is 0 Å². The van der Waals surface area contributed by atoms with Gasteiger partial charge in [0.1, 0.15) is 0 Å². The van der Waals surface area contributed by atoms with E-state index in [4.69, 9.17) is 10.5 Å². The first kappa shape index (κ1) is 11.7. The molecule has 0 radical (unpaired) electrons. The molecule has 2 heteroatoms. The van der Waals surface area contributed by atoms with Crippen molar-refractivity contribution in [2.45, 2.75) is 56.6 Å². The van der Waals surface area contributed by atoms with E-state index in [9.17, 15) is 0 Å². The van der Waals surface area contributed by atoms with E-state index in [1.165, 1.54) is 19.3 Å². The highest BCUT2D eigenvalue weighted by Gasteiger charge is 2.37. The molecule has 2 nitrogen and oxygen atoms in total. The summed E-state index contributed by atoms with van der Waals surface area (Å²) in [7, 11) is 1.80. The number of hydrogen-bond donors (Lipinski definition) is 1. The van der Waals surface area contributed by atoms with E-state index in [0.717, 1.165) is 25.7 Å². The largest absolute Gasteiger partial charge is 0.377 e. The van der Waals surface area contributed by atoms with E-state index in [1.54, 1.807) is 7.11 Å². The maximum Gasteiger partial charge on any atom is 0.0828 e. The third-order valence-corrected chi connectivity index (χ3v) is 3.46. The zero-order valence-electron chi connectivity index (χ0n) is 9.30. The molecule has 1 fully saturated rings. The molecule has 0 aliphatic heterocycles. The van der Waals surface area contributed by atoms with E-state index in [0.29, 0.717) is 0 Å². The molecule has 82 valence electrons. The van der Waals surface area contributed by atoms with Crippen LogP contribution in [-0.4, -0.2) is 18.8 Å². The van der Waals surface area contributed by atoms with Crippen molar-refractivity contribution >= 4 is 0 Å². The molecule has 0 aromatic rings. The smallest absolute Gasteiger partial charge is 0.0828 e. The van der Waals surface area contributed by atoms with Crippen molar-refractivity contribution in [3.05, 3.63) is 12.7 Å². The first-order valence-corrected chi connectivity index (χ1v) is 5.67. The van der Waals surface area contributed by atoms with Crippen LogP contribution in [0.15, 0.2) is 12.7 Å². The van der Waals surface area contributed by atoms with Crippen LogP contribution >= 0.6 is 0 Å². The van der Waals surface area contributed by atoms with Crippen LogP contribution in [0, 0.1) is 0 Å². The third-order valence-electron chi connectivity index (χ3n) is 3.46. The van der Waals surface area contributed by atoms with Crippen LogP contribution < -0.4 is 5.73 Å². The van der Waals surface area contributed by atoms with Gasteiger partial charge in [-0.2, -0.15) is 0 Å². The van der Waals surface area contributed by atoms with Crippen LogP contribution in [0.25, 0.3) is 0 Å². The minimum absolute atomic E-state index is 0.0404. The lowest BCUT2D eigenvalue weighted by molar-refractivity contribution is -0.0598. The van der Waals surface area contributed by atoms with Crippen LogP contribution in [0.3, 0.4) is 0 Å². The minimum Gasteiger partial charge on any atom is -0.377 e. The lowest BCUT2D eigenvalue weighted by atomic mass is 9.78. The highest BCUT2D eigenvalue weighted by Crippen LogP contribution is 2.34. The molecule has 14 heavy (non-hydrogen) atoms. The van der Waals surface area contributed by atoms with Crippen molar-refractivity contribution in [1.29, 1.82) is 0 Å². The van der Waals surface area contributed by atoms with Crippen molar-refractivity contribution < 1.29 is 4.74 Å². The van der Waals surface area contributed by atoms with Crippen LogP contribution in [0.5, 0.6) is 0 Å². The van der Waals surface area contributed by atoms with Gasteiger partial charge in [-0.05, 0) is 25.7 Å². The quantitative estimate of drug-likeness (QED) is 0.688. The lowest BCUT2D eigenvalue weighted by Gasteiger charge is -2.40. The fraction of sp³-hybridized carbons (Fsp3) is 0.833. The topological polar surface area (TPSA) is 35.2 Å². The van der Waals surface area contributed by atoms with Crippen LogP contribution in [-0.2, 0) is 4.74 Å². The normalized spacial score (nSPS) is 23.0. The van der Waals surface area contributed by atoms with Gasteiger partial charge in [0, 0.05) is 13.2 Å². The van der Waals surface area contributed by atoms with Crippen molar-refractivity contribution in [1.82, 2.24) is 0 Å².